The van der Waals surface area contributed by atoms with E-state index in [2.05, 4.69) is 5.10 Å². The monoisotopic (exact) mass is 262 g/mol. The Bertz CT molecular complexity index is 593. The van der Waals surface area contributed by atoms with Crippen LogP contribution in [0.3, 0.4) is 0 Å². The van der Waals surface area contributed by atoms with Gasteiger partial charge in [0.1, 0.15) is 11.6 Å². The zero-order valence-electron chi connectivity index (χ0n) is 10.9. The molecule has 1 heterocycles. The average Bonchev–Trinajstić information content (AvgIpc) is 2.81. The molecule has 0 amide bonds. The highest BCUT2D eigenvalue weighted by Gasteiger charge is 2.17. The predicted molar refractivity (Wildman–Crippen MR) is 68.8 cm³/mol. The van der Waals surface area contributed by atoms with E-state index in [0.717, 1.165) is 5.56 Å². The Hall–Kier alpha value is -2.17. The molecule has 0 atom stereocenters. The molecule has 5 heteroatoms. The summed E-state index contributed by atoms with van der Waals surface area (Å²) in [4.78, 5) is 12.1. The normalized spacial score (nSPS) is 10.5. The van der Waals surface area contributed by atoms with E-state index in [1.54, 1.807) is 16.9 Å². The lowest BCUT2D eigenvalue weighted by molar-refractivity contribution is 0.0975. The fourth-order valence-corrected chi connectivity index (χ4v) is 1.93. The number of hydrogen-bond donors (Lipinski definition) is 0. The fourth-order valence-electron chi connectivity index (χ4n) is 1.93. The van der Waals surface area contributed by atoms with Crippen LogP contribution in [0.5, 0.6) is 5.75 Å². The Labute approximate surface area is 110 Å². The number of carbonyl (C=O) groups excluding carboxylic acids is 1. The third kappa shape index (κ3) is 2.99. The number of ketones is 1. The second-order valence-electron chi connectivity index (χ2n) is 4.26. The number of aromatic nitrogens is 2. The van der Waals surface area contributed by atoms with E-state index in [1.165, 1.54) is 19.2 Å². The Morgan fingerprint density at radius 2 is 2.26 bits per heavy atom. The van der Waals surface area contributed by atoms with Crippen molar-refractivity contribution >= 4 is 5.78 Å². The van der Waals surface area contributed by atoms with Gasteiger partial charge in [0.05, 0.1) is 18.9 Å². The molecule has 0 radical (unpaired) electrons. The van der Waals surface area contributed by atoms with Crippen molar-refractivity contribution in [3.63, 3.8) is 0 Å². The number of benzene rings is 1. The summed E-state index contributed by atoms with van der Waals surface area (Å²) < 4.78 is 20.4. The molecule has 0 aliphatic rings. The molecule has 2 rings (SSSR count). The zero-order valence-corrected chi connectivity index (χ0v) is 10.9. The van der Waals surface area contributed by atoms with Crippen LogP contribution in [0.25, 0.3) is 0 Å². The number of aryl methyl sites for hydroxylation is 2. The summed E-state index contributed by atoms with van der Waals surface area (Å²) in [7, 11) is 3.23. The van der Waals surface area contributed by atoms with Crippen molar-refractivity contribution in [2.24, 2.45) is 7.05 Å². The first kappa shape index (κ1) is 13.3. The van der Waals surface area contributed by atoms with Crippen molar-refractivity contribution in [1.82, 2.24) is 9.78 Å². The average molecular weight is 262 g/mol. The minimum absolute atomic E-state index is 0.0221. The van der Waals surface area contributed by atoms with Crippen molar-refractivity contribution in [2.75, 3.05) is 7.11 Å². The number of ether oxygens (including phenoxy) is 1. The lowest BCUT2D eigenvalue weighted by atomic mass is 10.0. The van der Waals surface area contributed by atoms with Gasteiger partial charge in [0, 0.05) is 19.7 Å². The molecule has 4 nitrogen and oxygen atoms in total. The molecule has 0 fully saturated rings. The van der Waals surface area contributed by atoms with Gasteiger partial charge in [0.2, 0.25) is 0 Å². The number of methoxy groups -OCH3 is 1. The molecule has 0 aliphatic carbocycles. The third-order valence-electron chi connectivity index (χ3n) is 2.87. The molecule has 19 heavy (non-hydrogen) atoms. The van der Waals surface area contributed by atoms with Crippen molar-refractivity contribution in [1.29, 1.82) is 0 Å². The van der Waals surface area contributed by atoms with Gasteiger partial charge in [-0.2, -0.15) is 5.10 Å². The maximum atomic E-state index is 13.7. The molecule has 100 valence electrons. The predicted octanol–water partition coefficient (Wildman–Crippen LogP) is 2.38. The van der Waals surface area contributed by atoms with Crippen LogP contribution in [0.4, 0.5) is 4.39 Å². The van der Waals surface area contributed by atoms with Gasteiger partial charge in [-0.05, 0) is 24.1 Å². The number of hydrogen-bond acceptors (Lipinski definition) is 3. The Morgan fingerprint density at radius 3 is 2.89 bits per heavy atom. The first-order chi connectivity index (χ1) is 9.11. The van der Waals surface area contributed by atoms with Gasteiger partial charge < -0.3 is 4.74 Å². The van der Waals surface area contributed by atoms with Gasteiger partial charge in [0.25, 0.3) is 0 Å². The summed E-state index contributed by atoms with van der Waals surface area (Å²) in [6.45, 7) is 0. The van der Waals surface area contributed by atoms with Crippen LogP contribution >= 0.6 is 0 Å². The van der Waals surface area contributed by atoms with E-state index >= 15 is 0 Å². The molecule has 0 aliphatic heterocycles. The lowest BCUT2D eigenvalue weighted by Gasteiger charge is -2.08. The van der Waals surface area contributed by atoms with Crippen LogP contribution in [0.2, 0.25) is 0 Å². The number of rotatable bonds is 5. The van der Waals surface area contributed by atoms with Gasteiger partial charge >= 0.3 is 0 Å². The van der Waals surface area contributed by atoms with Crippen LogP contribution in [0, 0.1) is 5.82 Å². The van der Waals surface area contributed by atoms with E-state index in [9.17, 15) is 9.18 Å². The van der Waals surface area contributed by atoms with Crippen LogP contribution in [-0.2, 0) is 13.5 Å². The van der Waals surface area contributed by atoms with E-state index in [1.807, 2.05) is 13.2 Å². The minimum atomic E-state index is -0.546. The molecule has 1 aromatic heterocycles. The fraction of sp³-hybridized carbons (Fsp3) is 0.286. The maximum Gasteiger partial charge on any atom is 0.169 e. The standard InChI is InChI=1S/C14H15FN2O2/c1-17-9-10(8-16-17)6-7-12(18)14-11(15)4-3-5-13(14)19-2/h3-5,8-9H,6-7H2,1-2H3. The van der Waals surface area contributed by atoms with Gasteiger partial charge in [-0.1, -0.05) is 6.07 Å². The second-order valence-corrected chi connectivity index (χ2v) is 4.26. The van der Waals surface area contributed by atoms with E-state index in [0.29, 0.717) is 6.42 Å². The first-order valence-corrected chi connectivity index (χ1v) is 5.95. The molecule has 0 saturated heterocycles. The van der Waals surface area contributed by atoms with Crippen LogP contribution in [0.15, 0.2) is 30.6 Å². The van der Waals surface area contributed by atoms with Crippen LogP contribution < -0.4 is 4.74 Å². The van der Waals surface area contributed by atoms with Crippen LogP contribution in [-0.4, -0.2) is 22.7 Å². The van der Waals surface area contributed by atoms with Crippen molar-refractivity contribution in [3.05, 3.63) is 47.5 Å². The maximum absolute atomic E-state index is 13.7. The SMILES string of the molecule is COc1cccc(F)c1C(=O)CCc1cnn(C)c1. The van der Waals surface area contributed by atoms with E-state index in [-0.39, 0.29) is 23.5 Å². The molecule has 0 spiro atoms. The van der Waals surface area contributed by atoms with Crippen molar-refractivity contribution in [3.8, 4) is 5.75 Å². The molecule has 0 unspecified atom stereocenters. The molecular weight excluding hydrogens is 247 g/mol. The van der Waals surface area contributed by atoms with Crippen molar-refractivity contribution in [2.45, 2.75) is 12.8 Å². The smallest absolute Gasteiger partial charge is 0.169 e. The molecule has 2 aromatic rings. The molecule has 0 N–H and O–H groups in total. The highest BCUT2D eigenvalue weighted by Crippen LogP contribution is 2.23. The first-order valence-electron chi connectivity index (χ1n) is 5.95. The summed E-state index contributed by atoms with van der Waals surface area (Å²) in [5, 5.41) is 4.03. The second kappa shape index (κ2) is 5.65. The van der Waals surface area contributed by atoms with Gasteiger partial charge in [-0.25, -0.2) is 4.39 Å². The van der Waals surface area contributed by atoms with Gasteiger partial charge in [0.15, 0.2) is 5.78 Å². The number of carbonyl (C=O) groups is 1. The number of nitrogens with zero attached hydrogens (tertiary/aromatic N) is 2. The zero-order chi connectivity index (χ0) is 13.8. The summed E-state index contributed by atoms with van der Waals surface area (Å²) in [6.07, 6.45) is 4.30. The summed E-state index contributed by atoms with van der Waals surface area (Å²) >= 11 is 0. The molecule has 0 saturated carbocycles. The quantitative estimate of drug-likeness (QED) is 0.777. The highest BCUT2D eigenvalue weighted by atomic mass is 19.1. The molecule has 1 aromatic carbocycles. The summed E-state index contributed by atoms with van der Waals surface area (Å²) in [6, 6.07) is 4.37. The highest BCUT2D eigenvalue weighted by molar-refractivity contribution is 5.99. The summed E-state index contributed by atoms with van der Waals surface area (Å²) in [5.41, 5.74) is 0.972. The van der Waals surface area contributed by atoms with Crippen LogP contribution in [0.1, 0.15) is 22.3 Å². The third-order valence-corrected chi connectivity index (χ3v) is 2.87. The van der Waals surface area contributed by atoms with Crippen molar-refractivity contribution < 1.29 is 13.9 Å². The number of halogens is 1. The Kier molecular flexibility index (Phi) is 3.94. The topological polar surface area (TPSA) is 44.1 Å². The number of Topliss-reactive ketones (excluding diaryl/α,β-unsaturated/α-hetero) is 1. The Balaban J connectivity index is 2.12. The van der Waals surface area contributed by atoms with Gasteiger partial charge in [-0.15, -0.1) is 0 Å². The largest absolute Gasteiger partial charge is 0.496 e. The lowest BCUT2D eigenvalue weighted by Crippen LogP contribution is -2.06. The van der Waals surface area contributed by atoms with E-state index in [4.69, 9.17) is 4.74 Å². The Morgan fingerprint density at radius 1 is 1.47 bits per heavy atom. The minimum Gasteiger partial charge on any atom is -0.496 e. The van der Waals surface area contributed by atoms with E-state index < -0.39 is 5.82 Å². The summed E-state index contributed by atoms with van der Waals surface area (Å²) in [5.74, 6) is -0.537. The molecule has 0 bridgehead atoms. The van der Waals surface area contributed by atoms with Gasteiger partial charge in [-0.3, -0.25) is 9.48 Å². The molecular formula is C14H15FN2O2.